The maximum absolute atomic E-state index is 15.6. The number of hydrogen-bond donors (Lipinski definition) is 2. The number of fused-ring (bicyclic) bond motifs is 4. The first kappa shape index (κ1) is 29.2. The van der Waals surface area contributed by atoms with Crippen LogP contribution in [0.4, 0.5) is 15.8 Å². The summed E-state index contributed by atoms with van der Waals surface area (Å²) in [6, 6.07) is 4.85. The van der Waals surface area contributed by atoms with E-state index >= 15 is 4.39 Å². The molecule has 0 saturated heterocycles. The number of nitrogens with one attached hydrogen (secondary N) is 2. The van der Waals surface area contributed by atoms with Gasteiger partial charge in [0, 0.05) is 60.5 Å². The van der Waals surface area contributed by atoms with Crippen LogP contribution in [-0.2, 0) is 20.2 Å². The van der Waals surface area contributed by atoms with Crippen LogP contribution in [0.2, 0.25) is 0 Å². The Bertz CT molecular complexity index is 1600. The summed E-state index contributed by atoms with van der Waals surface area (Å²) in [6.45, 7) is 5.72. The number of ether oxygens (including phenoxy) is 1. The Balaban J connectivity index is 1.57. The summed E-state index contributed by atoms with van der Waals surface area (Å²) in [5.74, 6) is -0.00951. The number of anilines is 2. The third kappa shape index (κ3) is 5.60. The molecule has 10 nitrogen and oxygen atoms in total. The predicted molar refractivity (Wildman–Crippen MR) is 158 cm³/mol. The fourth-order valence-corrected chi connectivity index (χ4v) is 6.70. The first-order chi connectivity index (χ1) is 19.3. The van der Waals surface area contributed by atoms with E-state index in [4.69, 9.17) is 4.74 Å². The highest BCUT2D eigenvalue weighted by Crippen LogP contribution is 2.57. The maximum Gasteiger partial charge on any atom is 0.238 e. The van der Waals surface area contributed by atoms with Crippen LogP contribution in [0.5, 0.6) is 5.88 Å². The third-order valence-electron chi connectivity index (χ3n) is 7.74. The molecule has 5 rings (SSSR count). The minimum atomic E-state index is -3.67. The first-order valence-corrected chi connectivity index (χ1v) is 15.6. The van der Waals surface area contributed by atoms with E-state index in [2.05, 4.69) is 24.9 Å². The van der Waals surface area contributed by atoms with Crippen LogP contribution in [0.15, 0.2) is 30.6 Å². The highest BCUT2D eigenvalue weighted by atomic mass is 32.2. The van der Waals surface area contributed by atoms with Crippen molar-refractivity contribution in [1.82, 2.24) is 20.2 Å². The van der Waals surface area contributed by atoms with Crippen molar-refractivity contribution in [3.8, 4) is 17.0 Å². The number of halogens is 1. The van der Waals surface area contributed by atoms with E-state index in [-0.39, 0.29) is 35.7 Å². The number of carbonyl (C=O) groups excluding carboxylic acids is 1. The molecule has 2 aromatic heterocycles. The van der Waals surface area contributed by atoms with Crippen molar-refractivity contribution >= 4 is 38.2 Å². The standard InChI is InChI=1S/C29H37FN6O4S/c1-17(2)31-7-8-40-27-24(34-41(6,38)39)9-19(14-33-27)20-10-21-23(11-22(20)30)32-15-25-26(21)29(28(37)36(25)5)12-18(13-29)16-35(3)4/h9-11,14-15,17-18,31,34H,7-8,12-13,16H2,1-6H3/t18-,29+. The van der Waals surface area contributed by atoms with E-state index < -0.39 is 21.3 Å². The summed E-state index contributed by atoms with van der Waals surface area (Å²) in [6.07, 6.45) is 5.58. The van der Waals surface area contributed by atoms with Crippen molar-refractivity contribution in [2.75, 3.05) is 56.7 Å². The molecule has 1 amide bonds. The fraction of sp³-hybridized carbons (Fsp3) is 0.483. The van der Waals surface area contributed by atoms with Crippen LogP contribution in [0.1, 0.15) is 32.3 Å². The van der Waals surface area contributed by atoms with Gasteiger partial charge in [0.1, 0.15) is 18.1 Å². The Hall–Kier alpha value is -3.35. The molecular weight excluding hydrogens is 547 g/mol. The van der Waals surface area contributed by atoms with Crippen molar-refractivity contribution in [2.45, 2.75) is 38.1 Å². The largest absolute Gasteiger partial charge is 0.475 e. The summed E-state index contributed by atoms with van der Waals surface area (Å²) in [7, 11) is 2.14. The lowest BCUT2D eigenvalue weighted by Crippen LogP contribution is -2.51. The summed E-state index contributed by atoms with van der Waals surface area (Å²) < 4.78 is 48.0. The average molecular weight is 585 g/mol. The zero-order chi connectivity index (χ0) is 29.7. The lowest BCUT2D eigenvalue weighted by molar-refractivity contribution is -0.127. The van der Waals surface area contributed by atoms with Gasteiger partial charge in [-0.3, -0.25) is 14.5 Å². The van der Waals surface area contributed by atoms with E-state index in [1.54, 1.807) is 24.2 Å². The molecule has 220 valence electrons. The van der Waals surface area contributed by atoms with E-state index in [0.29, 0.717) is 28.9 Å². The van der Waals surface area contributed by atoms with Gasteiger partial charge in [-0.25, -0.2) is 17.8 Å². The Morgan fingerprint density at radius 3 is 2.59 bits per heavy atom. The minimum absolute atomic E-state index is 0.0393. The normalized spacial score (nSPS) is 20.3. The molecule has 1 spiro atoms. The number of carbonyl (C=O) groups is 1. The second kappa shape index (κ2) is 10.8. The molecular formula is C29H37FN6O4S. The molecule has 1 saturated carbocycles. The van der Waals surface area contributed by atoms with Gasteiger partial charge in [0.25, 0.3) is 0 Å². The van der Waals surface area contributed by atoms with E-state index in [0.717, 1.165) is 36.9 Å². The number of hydrogen-bond acceptors (Lipinski definition) is 8. The van der Waals surface area contributed by atoms with Crippen molar-refractivity contribution in [3.63, 3.8) is 0 Å². The van der Waals surface area contributed by atoms with Gasteiger partial charge in [-0.1, -0.05) is 13.8 Å². The molecule has 1 aliphatic heterocycles. The van der Waals surface area contributed by atoms with E-state index in [1.807, 2.05) is 27.9 Å². The van der Waals surface area contributed by atoms with Crippen LogP contribution in [-0.4, -0.2) is 82.3 Å². The van der Waals surface area contributed by atoms with Crippen LogP contribution >= 0.6 is 0 Å². The number of rotatable bonds is 10. The van der Waals surface area contributed by atoms with Crippen molar-refractivity contribution in [3.05, 3.63) is 42.0 Å². The molecule has 0 unspecified atom stereocenters. The lowest BCUT2D eigenvalue weighted by Gasteiger charge is -2.45. The maximum atomic E-state index is 15.6. The van der Waals surface area contributed by atoms with E-state index in [9.17, 15) is 13.2 Å². The van der Waals surface area contributed by atoms with Crippen LogP contribution < -0.4 is 19.7 Å². The molecule has 0 radical (unpaired) electrons. The van der Waals surface area contributed by atoms with Gasteiger partial charge in [0.2, 0.25) is 21.8 Å². The Kier molecular flexibility index (Phi) is 7.68. The van der Waals surface area contributed by atoms with Crippen molar-refractivity contribution < 1.29 is 22.3 Å². The molecule has 3 heterocycles. The lowest BCUT2D eigenvalue weighted by atomic mass is 9.58. The number of benzene rings is 1. The monoisotopic (exact) mass is 584 g/mol. The summed E-state index contributed by atoms with van der Waals surface area (Å²) >= 11 is 0. The number of sulfonamides is 1. The zero-order valence-corrected chi connectivity index (χ0v) is 25.1. The Morgan fingerprint density at radius 2 is 1.93 bits per heavy atom. The first-order valence-electron chi connectivity index (χ1n) is 13.7. The molecule has 2 aliphatic rings. The van der Waals surface area contributed by atoms with Gasteiger partial charge in [0.15, 0.2) is 0 Å². The Labute approximate surface area is 240 Å². The Morgan fingerprint density at radius 1 is 1.20 bits per heavy atom. The third-order valence-corrected chi connectivity index (χ3v) is 8.33. The van der Waals surface area contributed by atoms with Gasteiger partial charge < -0.3 is 19.9 Å². The summed E-state index contributed by atoms with van der Waals surface area (Å²) in [5.41, 5.74) is 2.12. The second-order valence-electron chi connectivity index (χ2n) is 11.8. The molecule has 2 N–H and O–H groups in total. The topological polar surface area (TPSA) is 117 Å². The van der Waals surface area contributed by atoms with Crippen LogP contribution in [0.3, 0.4) is 0 Å². The number of pyridine rings is 2. The number of nitrogens with zero attached hydrogens (tertiary/aromatic N) is 4. The molecule has 12 heteroatoms. The molecule has 1 aliphatic carbocycles. The van der Waals surface area contributed by atoms with Crippen molar-refractivity contribution in [1.29, 1.82) is 0 Å². The highest BCUT2D eigenvalue weighted by molar-refractivity contribution is 7.92. The zero-order valence-electron chi connectivity index (χ0n) is 24.3. The number of likely N-dealkylation sites (N-methyl/N-ethyl adjacent to an activating group) is 1. The molecule has 3 aromatic rings. The second-order valence-corrected chi connectivity index (χ2v) is 13.5. The average Bonchev–Trinajstić information content (AvgIpc) is 3.08. The molecule has 41 heavy (non-hydrogen) atoms. The summed E-state index contributed by atoms with van der Waals surface area (Å²) in [5, 5.41) is 3.93. The van der Waals surface area contributed by atoms with Gasteiger partial charge in [-0.05, 0) is 45.0 Å². The van der Waals surface area contributed by atoms with Crippen LogP contribution in [0.25, 0.3) is 22.0 Å². The molecule has 1 aromatic carbocycles. The van der Waals surface area contributed by atoms with Gasteiger partial charge in [0.05, 0.1) is 29.1 Å². The SMILES string of the molecule is CC(C)NCCOc1ncc(-c2cc3c(cc2F)ncc2c3[C@]3(C[C@H](CN(C)C)C3)C(=O)N2C)cc1NS(C)(=O)=O. The quantitative estimate of drug-likeness (QED) is 0.349. The van der Waals surface area contributed by atoms with Gasteiger partial charge in [-0.2, -0.15) is 0 Å². The molecule has 0 bridgehead atoms. The minimum Gasteiger partial charge on any atom is -0.475 e. The van der Waals surface area contributed by atoms with Crippen molar-refractivity contribution in [2.24, 2.45) is 5.92 Å². The predicted octanol–water partition coefficient (Wildman–Crippen LogP) is 3.37. The highest BCUT2D eigenvalue weighted by Gasteiger charge is 2.58. The fourth-order valence-electron chi connectivity index (χ4n) is 6.15. The molecule has 1 fully saturated rings. The summed E-state index contributed by atoms with van der Waals surface area (Å²) in [4.78, 5) is 26.2. The van der Waals surface area contributed by atoms with Gasteiger partial charge in [-0.15, -0.1) is 0 Å². The van der Waals surface area contributed by atoms with Gasteiger partial charge >= 0.3 is 0 Å². The van der Waals surface area contributed by atoms with Crippen LogP contribution in [0, 0.1) is 11.7 Å². The number of amides is 1. The smallest absolute Gasteiger partial charge is 0.238 e. The number of aromatic nitrogens is 2. The molecule has 0 atom stereocenters. The van der Waals surface area contributed by atoms with E-state index in [1.165, 1.54) is 18.3 Å².